The van der Waals surface area contributed by atoms with Gasteiger partial charge in [0.2, 0.25) is 5.88 Å². The monoisotopic (exact) mass is 326 g/mol. The van der Waals surface area contributed by atoms with Gasteiger partial charge in [0, 0.05) is 18.3 Å². The molecule has 0 aliphatic carbocycles. The molecule has 1 aliphatic heterocycles. The maximum atomic E-state index is 12.6. The SMILES string of the molecule is COc1ncccc1[C@H]1CCCCN1C(=O)OCc1ccccc1. The Morgan fingerprint density at radius 1 is 1.21 bits per heavy atom. The van der Waals surface area contributed by atoms with Gasteiger partial charge in [-0.05, 0) is 30.9 Å². The highest BCUT2D eigenvalue weighted by molar-refractivity contribution is 5.68. The van der Waals surface area contributed by atoms with E-state index in [0.29, 0.717) is 12.4 Å². The summed E-state index contributed by atoms with van der Waals surface area (Å²) >= 11 is 0. The molecule has 3 rings (SSSR count). The highest BCUT2D eigenvalue weighted by Crippen LogP contribution is 2.35. The minimum atomic E-state index is -0.283. The molecule has 1 amide bonds. The van der Waals surface area contributed by atoms with Gasteiger partial charge in [-0.3, -0.25) is 0 Å². The molecule has 1 aromatic carbocycles. The Morgan fingerprint density at radius 3 is 2.83 bits per heavy atom. The largest absolute Gasteiger partial charge is 0.481 e. The first-order chi connectivity index (χ1) is 11.8. The fourth-order valence-corrected chi connectivity index (χ4v) is 3.10. The Hall–Kier alpha value is -2.56. The van der Waals surface area contributed by atoms with Gasteiger partial charge >= 0.3 is 6.09 Å². The number of ether oxygens (including phenoxy) is 2. The Balaban J connectivity index is 1.73. The van der Waals surface area contributed by atoms with E-state index in [1.807, 2.05) is 42.5 Å². The van der Waals surface area contributed by atoms with E-state index >= 15 is 0 Å². The minimum absolute atomic E-state index is 0.0503. The molecule has 2 aromatic rings. The van der Waals surface area contributed by atoms with Crippen molar-refractivity contribution in [2.45, 2.75) is 31.9 Å². The van der Waals surface area contributed by atoms with Gasteiger partial charge in [0.1, 0.15) is 6.61 Å². The van der Waals surface area contributed by atoms with Crippen LogP contribution in [0.4, 0.5) is 4.79 Å². The van der Waals surface area contributed by atoms with Gasteiger partial charge < -0.3 is 14.4 Å². The number of amides is 1. The van der Waals surface area contributed by atoms with Crippen molar-refractivity contribution >= 4 is 6.09 Å². The molecule has 5 heteroatoms. The van der Waals surface area contributed by atoms with Gasteiger partial charge in [-0.25, -0.2) is 9.78 Å². The van der Waals surface area contributed by atoms with Crippen molar-refractivity contribution in [3.63, 3.8) is 0 Å². The van der Waals surface area contributed by atoms with Crippen LogP contribution in [0.15, 0.2) is 48.7 Å². The normalized spacial score (nSPS) is 17.4. The number of hydrogen-bond acceptors (Lipinski definition) is 4. The van der Waals surface area contributed by atoms with E-state index in [2.05, 4.69) is 4.98 Å². The van der Waals surface area contributed by atoms with Crippen LogP contribution in [0.2, 0.25) is 0 Å². The maximum absolute atomic E-state index is 12.6. The average molecular weight is 326 g/mol. The molecule has 0 saturated carbocycles. The number of carbonyl (C=O) groups excluding carboxylic acids is 1. The van der Waals surface area contributed by atoms with Crippen molar-refractivity contribution in [1.29, 1.82) is 0 Å². The number of piperidine rings is 1. The molecule has 5 nitrogen and oxygen atoms in total. The molecule has 24 heavy (non-hydrogen) atoms. The summed E-state index contributed by atoms with van der Waals surface area (Å²) in [5.74, 6) is 0.574. The summed E-state index contributed by atoms with van der Waals surface area (Å²) in [5, 5.41) is 0. The van der Waals surface area contributed by atoms with Crippen LogP contribution in [-0.2, 0) is 11.3 Å². The van der Waals surface area contributed by atoms with Crippen molar-refractivity contribution in [3.05, 3.63) is 59.8 Å². The summed E-state index contributed by atoms with van der Waals surface area (Å²) in [6.45, 7) is 0.976. The van der Waals surface area contributed by atoms with Gasteiger partial charge in [-0.15, -0.1) is 0 Å². The number of likely N-dealkylation sites (tertiary alicyclic amines) is 1. The number of methoxy groups -OCH3 is 1. The second-order valence-electron chi connectivity index (χ2n) is 5.85. The first-order valence-corrected chi connectivity index (χ1v) is 8.26. The smallest absolute Gasteiger partial charge is 0.410 e. The van der Waals surface area contributed by atoms with Crippen LogP contribution >= 0.6 is 0 Å². The van der Waals surface area contributed by atoms with Gasteiger partial charge in [-0.2, -0.15) is 0 Å². The fraction of sp³-hybridized carbons (Fsp3) is 0.368. The summed E-state index contributed by atoms with van der Waals surface area (Å²) in [6, 6.07) is 13.5. The molecule has 2 heterocycles. The zero-order chi connectivity index (χ0) is 16.8. The summed E-state index contributed by atoms with van der Waals surface area (Å²) in [5.41, 5.74) is 1.93. The second kappa shape index (κ2) is 7.81. The zero-order valence-electron chi connectivity index (χ0n) is 13.9. The molecule has 0 spiro atoms. The van der Waals surface area contributed by atoms with Crippen LogP contribution in [0.3, 0.4) is 0 Å². The summed E-state index contributed by atoms with van der Waals surface area (Å²) in [7, 11) is 1.60. The Kier molecular flexibility index (Phi) is 5.31. The molecule has 1 aromatic heterocycles. The highest BCUT2D eigenvalue weighted by Gasteiger charge is 2.31. The van der Waals surface area contributed by atoms with E-state index < -0.39 is 0 Å². The van der Waals surface area contributed by atoms with Crippen LogP contribution in [0.1, 0.15) is 36.4 Å². The van der Waals surface area contributed by atoms with Crippen molar-refractivity contribution < 1.29 is 14.3 Å². The van der Waals surface area contributed by atoms with Gasteiger partial charge in [-0.1, -0.05) is 36.4 Å². The third kappa shape index (κ3) is 3.67. The van der Waals surface area contributed by atoms with Gasteiger partial charge in [0.15, 0.2) is 0 Å². The molecular formula is C19H22N2O3. The van der Waals surface area contributed by atoms with Crippen LogP contribution in [0.25, 0.3) is 0 Å². The number of aromatic nitrogens is 1. The third-order valence-corrected chi connectivity index (χ3v) is 4.30. The lowest BCUT2D eigenvalue weighted by molar-refractivity contribution is 0.0672. The lowest BCUT2D eigenvalue weighted by Crippen LogP contribution is -2.39. The number of carbonyl (C=O) groups is 1. The molecule has 0 bridgehead atoms. The standard InChI is InChI=1S/C19H22N2O3/c1-23-18-16(10-7-12-20-18)17-11-5-6-13-21(17)19(22)24-14-15-8-3-2-4-9-15/h2-4,7-10,12,17H,5-6,11,13-14H2,1H3/t17-/m1/s1. The Labute approximate surface area is 142 Å². The molecule has 0 N–H and O–H groups in total. The predicted molar refractivity (Wildman–Crippen MR) is 90.7 cm³/mol. The molecule has 1 atom stereocenters. The first-order valence-electron chi connectivity index (χ1n) is 8.26. The fourth-order valence-electron chi connectivity index (χ4n) is 3.10. The van der Waals surface area contributed by atoms with Crippen LogP contribution in [0.5, 0.6) is 5.88 Å². The topological polar surface area (TPSA) is 51.7 Å². The molecule has 1 aliphatic rings. The minimum Gasteiger partial charge on any atom is -0.481 e. The molecule has 0 unspecified atom stereocenters. The van der Waals surface area contributed by atoms with Gasteiger partial charge in [0.25, 0.3) is 0 Å². The van der Waals surface area contributed by atoms with Crippen molar-refractivity contribution in [1.82, 2.24) is 9.88 Å². The van der Waals surface area contributed by atoms with E-state index in [-0.39, 0.29) is 18.7 Å². The molecule has 1 fully saturated rings. The van der Waals surface area contributed by atoms with Crippen LogP contribution < -0.4 is 4.74 Å². The quantitative estimate of drug-likeness (QED) is 0.853. The second-order valence-corrected chi connectivity index (χ2v) is 5.85. The molecular weight excluding hydrogens is 304 g/mol. The number of pyridine rings is 1. The van der Waals surface area contributed by atoms with Crippen molar-refractivity contribution in [3.8, 4) is 5.88 Å². The Morgan fingerprint density at radius 2 is 2.04 bits per heavy atom. The van der Waals surface area contributed by atoms with Crippen molar-refractivity contribution in [2.75, 3.05) is 13.7 Å². The van der Waals surface area contributed by atoms with E-state index in [1.54, 1.807) is 18.2 Å². The lowest BCUT2D eigenvalue weighted by Gasteiger charge is -2.35. The van der Waals surface area contributed by atoms with E-state index in [1.165, 1.54) is 0 Å². The van der Waals surface area contributed by atoms with E-state index in [0.717, 1.165) is 30.4 Å². The summed E-state index contributed by atoms with van der Waals surface area (Å²) in [4.78, 5) is 18.7. The van der Waals surface area contributed by atoms with Crippen LogP contribution in [-0.4, -0.2) is 29.6 Å². The van der Waals surface area contributed by atoms with Crippen molar-refractivity contribution in [2.24, 2.45) is 0 Å². The summed E-state index contributed by atoms with van der Waals surface area (Å²) in [6.07, 6.45) is 4.37. The molecule has 1 saturated heterocycles. The third-order valence-electron chi connectivity index (χ3n) is 4.30. The maximum Gasteiger partial charge on any atom is 0.410 e. The lowest BCUT2D eigenvalue weighted by atomic mass is 9.96. The molecule has 126 valence electrons. The van der Waals surface area contributed by atoms with Gasteiger partial charge in [0.05, 0.1) is 13.2 Å². The average Bonchev–Trinajstić information content (AvgIpc) is 2.67. The summed E-state index contributed by atoms with van der Waals surface area (Å²) < 4.78 is 10.9. The Bertz CT molecular complexity index is 675. The van der Waals surface area contributed by atoms with Crippen LogP contribution in [0, 0.1) is 0 Å². The number of hydrogen-bond donors (Lipinski definition) is 0. The van der Waals surface area contributed by atoms with E-state index in [9.17, 15) is 4.79 Å². The first kappa shape index (κ1) is 16.3. The number of nitrogens with zero attached hydrogens (tertiary/aromatic N) is 2. The number of benzene rings is 1. The molecule has 0 radical (unpaired) electrons. The zero-order valence-corrected chi connectivity index (χ0v) is 13.9. The van der Waals surface area contributed by atoms with E-state index in [4.69, 9.17) is 9.47 Å². The predicted octanol–water partition coefficient (Wildman–Crippen LogP) is 3.95. The highest BCUT2D eigenvalue weighted by atomic mass is 16.6. The number of rotatable bonds is 4.